The number of anilines is 1. The molecule has 2 N–H and O–H groups in total. The fourth-order valence-electron chi connectivity index (χ4n) is 3.00. The number of para-hydroxylation sites is 1. The number of nitrogens with one attached hydrogen (secondary N) is 2. The van der Waals surface area contributed by atoms with E-state index in [-0.39, 0.29) is 11.7 Å². The highest BCUT2D eigenvalue weighted by atomic mass is 19.1. The van der Waals surface area contributed by atoms with E-state index in [1.165, 1.54) is 10.7 Å². The van der Waals surface area contributed by atoms with Crippen molar-refractivity contribution in [2.45, 2.75) is 6.92 Å². The van der Waals surface area contributed by atoms with Gasteiger partial charge in [0, 0.05) is 18.7 Å². The molecule has 0 bridgehead atoms. The summed E-state index contributed by atoms with van der Waals surface area (Å²) in [6, 6.07) is 15.4. The molecule has 2 heterocycles. The van der Waals surface area contributed by atoms with E-state index >= 15 is 0 Å². The van der Waals surface area contributed by atoms with Gasteiger partial charge in [-0.25, -0.2) is 19.0 Å². The number of fused-ring (bicyclic) bond motifs is 1. The molecule has 0 aliphatic rings. The molecule has 2 aromatic carbocycles. The highest BCUT2D eigenvalue weighted by molar-refractivity contribution is 5.94. The number of rotatable bonds is 6. The predicted molar refractivity (Wildman–Crippen MR) is 109 cm³/mol. The Balaban J connectivity index is 1.50. The quantitative estimate of drug-likeness (QED) is 0.494. The van der Waals surface area contributed by atoms with Crippen molar-refractivity contribution in [1.29, 1.82) is 0 Å². The fraction of sp³-hybridized carbons (Fsp3) is 0.143. The second kappa shape index (κ2) is 8.05. The highest BCUT2D eigenvalue weighted by Crippen LogP contribution is 2.23. The minimum absolute atomic E-state index is 0.135. The molecule has 1 amide bonds. The molecule has 0 saturated carbocycles. The van der Waals surface area contributed by atoms with Crippen LogP contribution in [0.1, 0.15) is 16.2 Å². The van der Waals surface area contributed by atoms with E-state index < -0.39 is 0 Å². The van der Waals surface area contributed by atoms with Crippen molar-refractivity contribution < 1.29 is 9.18 Å². The van der Waals surface area contributed by atoms with Gasteiger partial charge in [0.1, 0.15) is 23.1 Å². The third-order valence-electron chi connectivity index (χ3n) is 4.36. The zero-order valence-electron chi connectivity index (χ0n) is 15.8. The normalized spacial score (nSPS) is 10.8. The van der Waals surface area contributed by atoms with E-state index in [0.717, 1.165) is 0 Å². The Morgan fingerprint density at radius 2 is 1.79 bits per heavy atom. The first-order valence-corrected chi connectivity index (χ1v) is 9.18. The van der Waals surface area contributed by atoms with Crippen molar-refractivity contribution in [3.63, 3.8) is 0 Å². The number of carbonyl (C=O) groups is 1. The number of benzene rings is 2. The van der Waals surface area contributed by atoms with Crippen LogP contribution in [0.4, 0.5) is 10.2 Å². The van der Waals surface area contributed by atoms with Crippen LogP contribution in [0.15, 0.2) is 60.8 Å². The first-order valence-electron chi connectivity index (χ1n) is 9.18. The maximum absolute atomic E-state index is 14.2. The number of hydrogen-bond acceptors (Lipinski definition) is 5. The molecule has 7 nitrogen and oxygen atoms in total. The first-order chi connectivity index (χ1) is 14.1. The Morgan fingerprint density at radius 3 is 2.59 bits per heavy atom. The molecule has 0 spiro atoms. The summed E-state index contributed by atoms with van der Waals surface area (Å²) in [6.07, 6.45) is 1.60. The summed E-state index contributed by atoms with van der Waals surface area (Å²) in [4.78, 5) is 20.9. The van der Waals surface area contributed by atoms with Crippen LogP contribution in [0.5, 0.6) is 0 Å². The van der Waals surface area contributed by atoms with Gasteiger partial charge < -0.3 is 10.6 Å². The SMILES string of the molecule is Cc1nc(NCCNC(=O)c2ccccc2)c2cnn(-c3ccccc3F)c2n1. The number of hydrogen-bond donors (Lipinski definition) is 2. The predicted octanol–water partition coefficient (Wildman–Crippen LogP) is 3.10. The minimum atomic E-state index is -0.383. The topological polar surface area (TPSA) is 84.7 Å². The third kappa shape index (κ3) is 3.91. The molecule has 0 fully saturated rings. The molecule has 4 aromatic rings. The van der Waals surface area contributed by atoms with Crippen LogP contribution in [0.3, 0.4) is 0 Å². The summed E-state index contributed by atoms with van der Waals surface area (Å²) in [5, 5.41) is 11.0. The average molecular weight is 390 g/mol. The maximum atomic E-state index is 14.2. The number of nitrogens with zero attached hydrogens (tertiary/aromatic N) is 4. The summed E-state index contributed by atoms with van der Waals surface area (Å²) < 4.78 is 15.6. The monoisotopic (exact) mass is 390 g/mol. The van der Waals surface area contributed by atoms with E-state index in [9.17, 15) is 9.18 Å². The van der Waals surface area contributed by atoms with Gasteiger partial charge >= 0.3 is 0 Å². The molecule has 0 radical (unpaired) electrons. The number of aryl methyl sites for hydroxylation is 1. The van der Waals surface area contributed by atoms with Crippen LogP contribution in [0, 0.1) is 12.7 Å². The molecule has 0 saturated heterocycles. The van der Waals surface area contributed by atoms with Crippen LogP contribution < -0.4 is 10.6 Å². The van der Waals surface area contributed by atoms with Crippen LogP contribution in [0.2, 0.25) is 0 Å². The van der Waals surface area contributed by atoms with Crippen molar-refractivity contribution in [3.05, 3.63) is 78.0 Å². The summed E-state index contributed by atoms with van der Waals surface area (Å²) in [5.74, 6) is 0.603. The van der Waals surface area contributed by atoms with Crippen molar-refractivity contribution in [2.75, 3.05) is 18.4 Å². The van der Waals surface area contributed by atoms with Gasteiger partial charge in [0.15, 0.2) is 5.65 Å². The maximum Gasteiger partial charge on any atom is 0.251 e. The third-order valence-corrected chi connectivity index (χ3v) is 4.36. The number of halogens is 1. The van der Waals surface area contributed by atoms with Gasteiger partial charge in [-0.15, -0.1) is 0 Å². The van der Waals surface area contributed by atoms with Gasteiger partial charge in [0.05, 0.1) is 11.6 Å². The Kier molecular flexibility index (Phi) is 5.15. The molecular weight excluding hydrogens is 371 g/mol. The molecule has 0 aliphatic heterocycles. The van der Waals surface area contributed by atoms with E-state index in [0.29, 0.717) is 47.0 Å². The van der Waals surface area contributed by atoms with E-state index in [4.69, 9.17) is 0 Å². The smallest absolute Gasteiger partial charge is 0.251 e. The largest absolute Gasteiger partial charge is 0.368 e. The summed E-state index contributed by atoms with van der Waals surface area (Å²) in [6.45, 7) is 2.65. The molecule has 4 rings (SSSR count). The van der Waals surface area contributed by atoms with Gasteiger partial charge in [0.25, 0.3) is 5.91 Å². The summed E-state index contributed by atoms with van der Waals surface area (Å²) in [7, 11) is 0. The van der Waals surface area contributed by atoms with Gasteiger partial charge in [-0.05, 0) is 31.2 Å². The molecule has 29 heavy (non-hydrogen) atoms. The molecule has 146 valence electrons. The Bertz CT molecular complexity index is 1160. The van der Waals surface area contributed by atoms with Crippen LogP contribution >= 0.6 is 0 Å². The van der Waals surface area contributed by atoms with Crippen molar-refractivity contribution >= 4 is 22.8 Å². The Labute approximate surface area is 166 Å². The second-order valence-electron chi connectivity index (χ2n) is 6.41. The van der Waals surface area contributed by atoms with Crippen molar-refractivity contribution in [2.24, 2.45) is 0 Å². The Hall–Kier alpha value is -3.81. The van der Waals surface area contributed by atoms with Gasteiger partial charge in [0.2, 0.25) is 0 Å². The lowest BCUT2D eigenvalue weighted by atomic mass is 10.2. The zero-order chi connectivity index (χ0) is 20.2. The van der Waals surface area contributed by atoms with E-state index in [2.05, 4.69) is 25.7 Å². The lowest BCUT2D eigenvalue weighted by molar-refractivity contribution is 0.0955. The molecule has 2 aromatic heterocycles. The average Bonchev–Trinajstić information content (AvgIpc) is 3.15. The molecule has 8 heteroatoms. The van der Waals surface area contributed by atoms with Crippen LogP contribution in [-0.2, 0) is 0 Å². The van der Waals surface area contributed by atoms with E-state index in [1.807, 2.05) is 18.2 Å². The Morgan fingerprint density at radius 1 is 1.03 bits per heavy atom. The fourth-order valence-corrected chi connectivity index (χ4v) is 3.00. The summed E-state index contributed by atoms with van der Waals surface area (Å²) in [5.41, 5.74) is 1.44. The van der Waals surface area contributed by atoms with Crippen LogP contribution in [0.25, 0.3) is 16.7 Å². The zero-order valence-corrected chi connectivity index (χ0v) is 15.8. The van der Waals surface area contributed by atoms with Gasteiger partial charge in [-0.3, -0.25) is 4.79 Å². The number of amides is 1. The molecule has 0 unspecified atom stereocenters. The lowest BCUT2D eigenvalue weighted by Gasteiger charge is -2.10. The van der Waals surface area contributed by atoms with Gasteiger partial charge in [-0.2, -0.15) is 5.10 Å². The minimum Gasteiger partial charge on any atom is -0.368 e. The van der Waals surface area contributed by atoms with Crippen molar-refractivity contribution in [1.82, 2.24) is 25.1 Å². The number of aromatic nitrogens is 4. The van der Waals surface area contributed by atoms with Crippen molar-refractivity contribution in [3.8, 4) is 5.69 Å². The molecule has 0 atom stereocenters. The second-order valence-corrected chi connectivity index (χ2v) is 6.41. The first kappa shape index (κ1) is 18.5. The summed E-state index contributed by atoms with van der Waals surface area (Å²) >= 11 is 0. The van der Waals surface area contributed by atoms with Gasteiger partial charge in [-0.1, -0.05) is 30.3 Å². The standard InChI is InChI=1S/C21H19FN6O/c1-14-26-19(23-11-12-24-21(29)15-7-3-2-4-8-15)16-13-25-28(20(16)27-14)18-10-6-5-9-17(18)22/h2-10,13H,11-12H2,1H3,(H,24,29)(H,23,26,27). The number of carbonyl (C=O) groups excluding carboxylic acids is 1. The highest BCUT2D eigenvalue weighted by Gasteiger charge is 2.14. The van der Waals surface area contributed by atoms with E-state index in [1.54, 1.807) is 43.5 Å². The molecule has 0 aliphatic carbocycles. The molecular formula is C21H19FN6O. The lowest BCUT2D eigenvalue weighted by Crippen LogP contribution is -2.28. The van der Waals surface area contributed by atoms with Crippen LogP contribution in [-0.4, -0.2) is 38.7 Å².